The standard InChI is InChI=1S/C19H22FN5O/c1-13-10-21-24(11-13)9-8-18(26)22-19-14(2)23-25(15(19)3)12-16-6-4-5-7-17(16)20/h4-7,10-11H,8-9,12H2,1-3H3,(H,22,26). The number of anilines is 1. The van der Waals surface area contributed by atoms with Crippen LogP contribution in [-0.4, -0.2) is 25.5 Å². The SMILES string of the molecule is Cc1cnn(CCC(=O)Nc2c(C)nn(Cc3ccccc3F)c2C)c1. The van der Waals surface area contributed by atoms with E-state index in [0.29, 0.717) is 36.5 Å². The summed E-state index contributed by atoms with van der Waals surface area (Å²) in [5.74, 6) is -0.366. The van der Waals surface area contributed by atoms with Gasteiger partial charge in [-0.2, -0.15) is 10.2 Å². The molecule has 0 radical (unpaired) electrons. The molecule has 1 N–H and O–H groups in total. The molecular weight excluding hydrogens is 333 g/mol. The van der Waals surface area contributed by atoms with E-state index in [1.165, 1.54) is 6.07 Å². The van der Waals surface area contributed by atoms with Gasteiger partial charge >= 0.3 is 0 Å². The van der Waals surface area contributed by atoms with E-state index in [2.05, 4.69) is 15.5 Å². The van der Waals surface area contributed by atoms with Gasteiger partial charge in [0, 0.05) is 24.7 Å². The molecule has 26 heavy (non-hydrogen) atoms. The second-order valence-electron chi connectivity index (χ2n) is 6.37. The summed E-state index contributed by atoms with van der Waals surface area (Å²) in [4.78, 5) is 12.3. The van der Waals surface area contributed by atoms with Crippen molar-refractivity contribution >= 4 is 11.6 Å². The molecule has 0 bridgehead atoms. The normalized spacial score (nSPS) is 10.9. The summed E-state index contributed by atoms with van der Waals surface area (Å²) in [6.07, 6.45) is 3.98. The number of carbonyl (C=O) groups excluding carboxylic acids is 1. The highest BCUT2D eigenvalue weighted by molar-refractivity contribution is 5.91. The summed E-state index contributed by atoms with van der Waals surface area (Å²) in [6, 6.07) is 6.62. The fraction of sp³-hybridized carbons (Fsp3) is 0.316. The molecule has 0 fully saturated rings. The number of nitrogens with one attached hydrogen (secondary N) is 1. The van der Waals surface area contributed by atoms with Crippen LogP contribution in [0.4, 0.5) is 10.1 Å². The molecule has 0 spiro atoms. The molecule has 0 aliphatic rings. The van der Waals surface area contributed by atoms with Gasteiger partial charge in [-0.25, -0.2) is 4.39 Å². The van der Waals surface area contributed by atoms with Crippen LogP contribution in [0, 0.1) is 26.6 Å². The number of nitrogens with zero attached hydrogens (tertiary/aromatic N) is 4. The minimum absolute atomic E-state index is 0.102. The monoisotopic (exact) mass is 355 g/mol. The first-order chi connectivity index (χ1) is 12.4. The maximum absolute atomic E-state index is 13.9. The number of halogens is 1. The number of amides is 1. The third kappa shape index (κ3) is 3.99. The summed E-state index contributed by atoms with van der Waals surface area (Å²) in [7, 11) is 0. The van der Waals surface area contributed by atoms with Gasteiger partial charge in [0.2, 0.25) is 5.91 Å². The molecule has 0 aliphatic heterocycles. The highest BCUT2D eigenvalue weighted by Gasteiger charge is 2.15. The van der Waals surface area contributed by atoms with Crippen LogP contribution in [0.15, 0.2) is 36.7 Å². The number of hydrogen-bond donors (Lipinski definition) is 1. The Balaban J connectivity index is 1.67. The molecule has 0 atom stereocenters. The quantitative estimate of drug-likeness (QED) is 0.738. The maximum Gasteiger partial charge on any atom is 0.226 e. The van der Waals surface area contributed by atoms with E-state index in [0.717, 1.165) is 11.3 Å². The molecular formula is C19H22FN5O. The first-order valence-electron chi connectivity index (χ1n) is 8.50. The fourth-order valence-corrected chi connectivity index (χ4v) is 2.83. The van der Waals surface area contributed by atoms with Gasteiger partial charge in [0.1, 0.15) is 5.82 Å². The Kier molecular flexibility index (Phi) is 5.16. The maximum atomic E-state index is 13.9. The molecule has 0 unspecified atom stereocenters. The average molecular weight is 355 g/mol. The Morgan fingerprint density at radius 1 is 1.23 bits per heavy atom. The Labute approximate surface area is 151 Å². The predicted octanol–water partition coefficient (Wildman–Crippen LogP) is 3.22. The zero-order valence-corrected chi connectivity index (χ0v) is 15.2. The van der Waals surface area contributed by atoms with E-state index in [4.69, 9.17) is 0 Å². The molecule has 0 aliphatic carbocycles. The molecule has 1 aromatic carbocycles. The zero-order valence-electron chi connectivity index (χ0n) is 15.2. The minimum atomic E-state index is -0.264. The van der Waals surface area contributed by atoms with Crippen LogP contribution in [0.25, 0.3) is 0 Å². The lowest BCUT2D eigenvalue weighted by atomic mass is 10.2. The van der Waals surface area contributed by atoms with Crippen molar-refractivity contribution in [3.05, 3.63) is 65.0 Å². The van der Waals surface area contributed by atoms with E-state index in [9.17, 15) is 9.18 Å². The van der Waals surface area contributed by atoms with E-state index < -0.39 is 0 Å². The highest BCUT2D eigenvalue weighted by Crippen LogP contribution is 2.21. The van der Waals surface area contributed by atoms with Crippen molar-refractivity contribution in [1.29, 1.82) is 0 Å². The van der Waals surface area contributed by atoms with E-state index in [-0.39, 0.29) is 11.7 Å². The molecule has 6 nitrogen and oxygen atoms in total. The molecule has 7 heteroatoms. The smallest absolute Gasteiger partial charge is 0.226 e. The van der Waals surface area contributed by atoms with Crippen LogP contribution >= 0.6 is 0 Å². The lowest BCUT2D eigenvalue weighted by molar-refractivity contribution is -0.116. The van der Waals surface area contributed by atoms with Crippen molar-refractivity contribution in [1.82, 2.24) is 19.6 Å². The lowest BCUT2D eigenvalue weighted by Gasteiger charge is -2.08. The number of hydrogen-bond acceptors (Lipinski definition) is 3. The van der Waals surface area contributed by atoms with Crippen molar-refractivity contribution < 1.29 is 9.18 Å². The van der Waals surface area contributed by atoms with Crippen molar-refractivity contribution in [3.8, 4) is 0 Å². The summed E-state index contributed by atoms with van der Waals surface area (Å²) >= 11 is 0. The third-order valence-corrected chi connectivity index (χ3v) is 4.25. The molecule has 2 heterocycles. The Hall–Kier alpha value is -2.96. The van der Waals surface area contributed by atoms with Gasteiger partial charge < -0.3 is 5.32 Å². The summed E-state index contributed by atoms with van der Waals surface area (Å²) in [5, 5.41) is 11.5. The zero-order chi connectivity index (χ0) is 18.7. The van der Waals surface area contributed by atoms with Crippen LogP contribution < -0.4 is 5.32 Å². The van der Waals surface area contributed by atoms with Crippen LogP contribution in [0.5, 0.6) is 0 Å². The van der Waals surface area contributed by atoms with E-state index >= 15 is 0 Å². The molecule has 1 amide bonds. The number of benzene rings is 1. The van der Waals surface area contributed by atoms with Crippen LogP contribution in [0.2, 0.25) is 0 Å². The van der Waals surface area contributed by atoms with Gasteiger partial charge in [-0.1, -0.05) is 18.2 Å². The third-order valence-electron chi connectivity index (χ3n) is 4.25. The van der Waals surface area contributed by atoms with Crippen molar-refractivity contribution in [3.63, 3.8) is 0 Å². The van der Waals surface area contributed by atoms with Crippen LogP contribution in [0.1, 0.15) is 28.9 Å². The van der Waals surface area contributed by atoms with Gasteiger partial charge in [-0.15, -0.1) is 0 Å². The molecule has 3 aromatic rings. The van der Waals surface area contributed by atoms with Crippen molar-refractivity contribution in [2.75, 3.05) is 5.32 Å². The minimum Gasteiger partial charge on any atom is -0.323 e. The number of aryl methyl sites for hydroxylation is 3. The lowest BCUT2D eigenvalue weighted by Crippen LogP contribution is -2.16. The first-order valence-corrected chi connectivity index (χ1v) is 8.50. The Bertz CT molecular complexity index is 928. The topological polar surface area (TPSA) is 64.7 Å². The first kappa shape index (κ1) is 17.8. The summed E-state index contributed by atoms with van der Waals surface area (Å²) in [6.45, 7) is 6.49. The second-order valence-corrected chi connectivity index (χ2v) is 6.37. The second kappa shape index (κ2) is 7.51. The molecule has 0 saturated heterocycles. The number of rotatable bonds is 6. The predicted molar refractivity (Wildman–Crippen MR) is 97.4 cm³/mol. The van der Waals surface area contributed by atoms with Gasteiger partial charge in [-0.3, -0.25) is 14.2 Å². The van der Waals surface area contributed by atoms with E-state index in [1.54, 1.807) is 33.8 Å². The molecule has 136 valence electrons. The number of carbonyl (C=O) groups is 1. The summed E-state index contributed by atoms with van der Waals surface area (Å²) < 4.78 is 17.3. The Morgan fingerprint density at radius 3 is 2.69 bits per heavy atom. The van der Waals surface area contributed by atoms with Crippen LogP contribution in [0.3, 0.4) is 0 Å². The number of aromatic nitrogens is 4. The fourth-order valence-electron chi connectivity index (χ4n) is 2.83. The van der Waals surface area contributed by atoms with Crippen LogP contribution in [-0.2, 0) is 17.9 Å². The van der Waals surface area contributed by atoms with Gasteiger partial charge in [0.05, 0.1) is 29.8 Å². The largest absolute Gasteiger partial charge is 0.323 e. The Morgan fingerprint density at radius 2 is 2.00 bits per heavy atom. The van der Waals surface area contributed by atoms with Crippen molar-refractivity contribution in [2.24, 2.45) is 0 Å². The average Bonchev–Trinajstić information content (AvgIpc) is 3.13. The molecule has 0 saturated carbocycles. The summed E-state index contributed by atoms with van der Waals surface area (Å²) in [5.41, 5.74) is 3.82. The van der Waals surface area contributed by atoms with Gasteiger partial charge in [0.15, 0.2) is 0 Å². The van der Waals surface area contributed by atoms with E-state index in [1.807, 2.05) is 27.0 Å². The highest BCUT2D eigenvalue weighted by atomic mass is 19.1. The molecule has 3 rings (SSSR count). The van der Waals surface area contributed by atoms with Gasteiger partial charge in [-0.05, 0) is 32.4 Å². The molecule has 2 aromatic heterocycles. The van der Waals surface area contributed by atoms with Gasteiger partial charge in [0.25, 0.3) is 0 Å². The van der Waals surface area contributed by atoms with Crippen molar-refractivity contribution in [2.45, 2.75) is 40.3 Å².